The van der Waals surface area contributed by atoms with Gasteiger partial charge in [-0.05, 0) is 50.3 Å². The van der Waals surface area contributed by atoms with Crippen LogP contribution in [-0.2, 0) is 0 Å². The van der Waals surface area contributed by atoms with Crippen molar-refractivity contribution in [3.63, 3.8) is 0 Å². The lowest BCUT2D eigenvalue weighted by molar-refractivity contribution is 0.0694. The van der Waals surface area contributed by atoms with E-state index in [4.69, 9.17) is 5.73 Å². The summed E-state index contributed by atoms with van der Waals surface area (Å²) < 4.78 is 16.3. The number of anilines is 1. The Hall–Kier alpha value is -2.41. The van der Waals surface area contributed by atoms with Crippen molar-refractivity contribution in [1.29, 1.82) is 0 Å². The van der Waals surface area contributed by atoms with Crippen molar-refractivity contribution in [1.82, 2.24) is 4.57 Å². The molecule has 6 nitrogen and oxygen atoms in total. The average Bonchev–Trinajstić information content (AvgIpc) is 3.28. The summed E-state index contributed by atoms with van der Waals surface area (Å²) in [6.07, 6.45) is 2.57. The van der Waals surface area contributed by atoms with Crippen LogP contribution in [0.15, 0.2) is 23.0 Å². The topological polar surface area (TPSA) is 88.6 Å². The van der Waals surface area contributed by atoms with Gasteiger partial charge in [-0.1, -0.05) is 0 Å². The summed E-state index contributed by atoms with van der Waals surface area (Å²) in [6, 6.07) is 4.36. The highest BCUT2D eigenvalue weighted by Crippen LogP contribution is 2.38. The van der Waals surface area contributed by atoms with Crippen molar-refractivity contribution < 1.29 is 14.3 Å². The summed E-state index contributed by atoms with van der Waals surface area (Å²) >= 11 is 0. The first-order valence-electron chi connectivity index (χ1n) is 8.99. The molecule has 0 amide bonds. The maximum absolute atomic E-state index is 14.8. The summed E-state index contributed by atoms with van der Waals surface area (Å²) in [5, 5.41) is 9.74. The minimum Gasteiger partial charge on any atom is -0.477 e. The van der Waals surface area contributed by atoms with Gasteiger partial charge in [-0.15, -0.1) is 0 Å². The van der Waals surface area contributed by atoms with Gasteiger partial charge in [-0.2, -0.15) is 0 Å². The van der Waals surface area contributed by atoms with Crippen molar-refractivity contribution in [3.05, 3.63) is 39.9 Å². The van der Waals surface area contributed by atoms with Crippen LogP contribution in [0.25, 0.3) is 10.9 Å². The largest absolute Gasteiger partial charge is 0.477 e. The van der Waals surface area contributed by atoms with E-state index in [1.54, 1.807) is 6.07 Å². The highest BCUT2D eigenvalue weighted by molar-refractivity contribution is 5.93. The molecule has 2 fully saturated rings. The van der Waals surface area contributed by atoms with Gasteiger partial charge in [0.05, 0.1) is 11.2 Å². The van der Waals surface area contributed by atoms with Gasteiger partial charge in [0.2, 0.25) is 0 Å². The van der Waals surface area contributed by atoms with Crippen LogP contribution in [0.5, 0.6) is 0 Å². The van der Waals surface area contributed by atoms with E-state index in [0.717, 1.165) is 25.8 Å². The molecule has 0 radical (unpaired) electrons. The van der Waals surface area contributed by atoms with Crippen molar-refractivity contribution in [2.75, 3.05) is 18.0 Å². The molecule has 2 aliphatic rings. The number of nitrogens with zero attached hydrogens (tertiary/aromatic N) is 2. The van der Waals surface area contributed by atoms with E-state index in [9.17, 15) is 19.1 Å². The fourth-order valence-corrected chi connectivity index (χ4v) is 3.87. The molecule has 26 heavy (non-hydrogen) atoms. The van der Waals surface area contributed by atoms with Crippen LogP contribution in [0.1, 0.15) is 42.6 Å². The smallest absolute Gasteiger partial charge is 0.341 e. The minimum atomic E-state index is -1.28. The van der Waals surface area contributed by atoms with Gasteiger partial charge in [0.15, 0.2) is 0 Å². The molecule has 138 valence electrons. The highest BCUT2D eigenvalue weighted by atomic mass is 19.1. The molecule has 0 spiro atoms. The molecule has 1 aromatic carbocycles. The predicted octanol–water partition coefficient (Wildman–Crippen LogP) is 2.35. The summed E-state index contributed by atoms with van der Waals surface area (Å²) in [5.41, 5.74) is 6.21. The maximum Gasteiger partial charge on any atom is 0.341 e. The molecule has 2 atom stereocenters. The summed E-state index contributed by atoms with van der Waals surface area (Å²) in [5.74, 6) is -1.37. The van der Waals surface area contributed by atoms with E-state index in [1.807, 2.05) is 11.8 Å². The third-order valence-corrected chi connectivity index (χ3v) is 5.56. The molecule has 1 saturated heterocycles. The van der Waals surface area contributed by atoms with Gasteiger partial charge in [0, 0.05) is 30.6 Å². The Labute approximate surface area is 150 Å². The number of aromatic nitrogens is 1. The Bertz CT molecular complexity index is 949. The SMILES string of the molecule is CC(N)[C@@H]1CCN(c2cc3c(cc2F)cc(C(=O)O)c(=O)n3C2CC2)C1. The summed E-state index contributed by atoms with van der Waals surface area (Å²) in [7, 11) is 0. The van der Waals surface area contributed by atoms with Crippen LogP contribution < -0.4 is 16.2 Å². The van der Waals surface area contributed by atoms with E-state index in [0.29, 0.717) is 29.1 Å². The van der Waals surface area contributed by atoms with Crippen molar-refractivity contribution >= 4 is 22.6 Å². The van der Waals surface area contributed by atoms with Gasteiger partial charge in [0.25, 0.3) is 5.56 Å². The van der Waals surface area contributed by atoms with Crippen molar-refractivity contribution in [2.45, 2.75) is 38.3 Å². The molecule has 1 aliphatic heterocycles. The Kier molecular flexibility index (Phi) is 3.99. The fourth-order valence-electron chi connectivity index (χ4n) is 3.87. The maximum atomic E-state index is 14.8. The molecular weight excluding hydrogens is 337 g/mol. The molecular formula is C19H22FN3O3. The lowest BCUT2D eigenvalue weighted by Gasteiger charge is -2.22. The molecule has 7 heteroatoms. The quantitative estimate of drug-likeness (QED) is 0.875. The molecule has 1 saturated carbocycles. The van der Waals surface area contributed by atoms with Gasteiger partial charge in [-0.25, -0.2) is 9.18 Å². The zero-order valence-electron chi connectivity index (χ0n) is 14.6. The number of carboxylic acids is 1. The average molecular weight is 359 g/mol. The number of pyridine rings is 1. The third kappa shape index (κ3) is 2.76. The van der Waals surface area contributed by atoms with Crippen LogP contribution in [0.3, 0.4) is 0 Å². The number of nitrogens with two attached hydrogens (primary N) is 1. The number of halogens is 1. The molecule has 3 N–H and O–H groups in total. The predicted molar refractivity (Wildman–Crippen MR) is 97.4 cm³/mol. The number of rotatable bonds is 4. The molecule has 2 aromatic rings. The van der Waals surface area contributed by atoms with Crippen molar-refractivity contribution in [2.24, 2.45) is 11.7 Å². The molecule has 1 aliphatic carbocycles. The van der Waals surface area contributed by atoms with Crippen LogP contribution in [0, 0.1) is 11.7 Å². The second-order valence-electron chi connectivity index (χ2n) is 7.49. The lowest BCUT2D eigenvalue weighted by Crippen LogP contribution is -2.30. The number of carboxylic acid groups (broad SMARTS) is 1. The Morgan fingerprint density at radius 1 is 1.31 bits per heavy atom. The number of hydrogen-bond donors (Lipinski definition) is 2. The molecule has 0 bridgehead atoms. The Morgan fingerprint density at radius 2 is 2.04 bits per heavy atom. The number of hydrogen-bond acceptors (Lipinski definition) is 4. The number of benzene rings is 1. The second kappa shape index (κ2) is 6.09. The van der Waals surface area contributed by atoms with E-state index < -0.39 is 17.3 Å². The second-order valence-corrected chi connectivity index (χ2v) is 7.49. The monoisotopic (exact) mass is 359 g/mol. The molecule has 2 heterocycles. The molecule has 1 aromatic heterocycles. The zero-order valence-corrected chi connectivity index (χ0v) is 14.6. The first-order valence-corrected chi connectivity index (χ1v) is 8.99. The highest BCUT2D eigenvalue weighted by Gasteiger charge is 2.31. The van der Waals surface area contributed by atoms with Crippen LogP contribution in [0.2, 0.25) is 0 Å². The van der Waals surface area contributed by atoms with Crippen LogP contribution in [-0.4, -0.2) is 34.8 Å². The number of fused-ring (bicyclic) bond motifs is 1. The van der Waals surface area contributed by atoms with Crippen LogP contribution >= 0.6 is 0 Å². The Balaban J connectivity index is 1.86. The summed E-state index contributed by atoms with van der Waals surface area (Å²) in [6.45, 7) is 3.36. The van der Waals surface area contributed by atoms with Gasteiger partial charge in [0.1, 0.15) is 11.4 Å². The third-order valence-electron chi connectivity index (χ3n) is 5.56. The van der Waals surface area contributed by atoms with Gasteiger partial charge in [-0.3, -0.25) is 4.79 Å². The van der Waals surface area contributed by atoms with Gasteiger partial charge < -0.3 is 20.3 Å². The van der Waals surface area contributed by atoms with E-state index in [2.05, 4.69) is 0 Å². The number of aromatic carboxylic acids is 1. The Morgan fingerprint density at radius 3 is 2.62 bits per heavy atom. The first kappa shape index (κ1) is 17.0. The first-order chi connectivity index (χ1) is 12.4. The molecule has 1 unspecified atom stereocenters. The van der Waals surface area contributed by atoms with Crippen LogP contribution in [0.4, 0.5) is 10.1 Å². The normalized spacial score (nSPS) is 21.3. The lowest BCUT2D eigenvalue weighted by atomic mass is 10.0. The number of carbonyl (C=O) groups is 1. The van der Waals surface area contributed by atoms with E-state index in [-0.39, 0.29) is 17.6 Å². The van der Waals surface area contributed by atoms with Gasteiger partial charge >= 0.3 is 5.97 Å². The van der Waals surface area contributed by atoms with E-state index >= 15 is 0 Å². The minimum absolute atomic E-state index is 0.00185. The standard InChI is InChI=1S/C19H22FN3O3/c1-10(21)11-4-5-22(9-11)17-8-16-12(7-15(17)20)6-14(19(25)26)18(24)23(16)13-2-3-13/h6-8,10-11,13H,2-5,9,21H2,1H3,(H,25,26)/t10?,11-/m1/s1. The fraction of sp³-hybridized carbons (Fsp3) is 0.474. The van der Waals surface area contributed by atoms with E-state index in [1.165, 1.54) is 16.7 Å². The van der Waals surface area contributed by atoms with Crippen molar-refractivity contribution in [3.8, 4) is 0 Å². The summed E-state index contributed by atoms with van der Waals surface area (Å²) in [4.78, 5) is 26.0. The zero-order chi connectivity index (χ0) is 18.6. The molecule has 4 rings (SSSR count).